The molecule has 0 bridgehead atoms. The van der Waals surface area contributed by atoms with Crippen LogP contribution in [0.1, 0.15) is 65.2 Å². The summed E-state index contributed by atoms with van der Waals surface area (Å²) in [4.78, 5) is 0. The minimum atomic E-state index is 0.280. The van der Waals surface area contributed by atoms with Gasteiger partial charge in [-0.1, -0.05) is 26.7 Å². The van der Waals surface area contributed by atoms with Crippen molar-refractivity contribution >= 4 is 0 Å². The number of hydrogen-bond acceptors (Lipinski definition) is 2. The van der Waals surface area contributed by atoms with E-state index in [1.165, 1.54) is 38.5 Å². The summed E-state index contributed by atoms with van der Waals surface area (Å²) in [6.45, 7) is 4.49. The number of nitrogens with two attached hydrogens (primary N) is 1. The van der Waals surface area contributed by atoms with E-state index in [1.807, 2.05) is 0 Å². The van der Waals surface area contributed by atoms with E-state index in [9.17, 15) is 0 Å². The molecule has 1 heterocycles. The molecule has 94 valence electrons. The Labute approximate surface area is 99.9 Å². The predicted octanol–water partition coefficient (Wildman–Crippen LogP) is 3.24. The van der Waals surface area contributed by atoms with Gasteiger partial charge in [0.2, 0.25) is 0 Å². The predicted molar refractivity (Wildman–Crippen MR) is 67.4 cm³/mol. The van der Waals surface area contributed by atoms with Gasteiger partial charge in [-0.05, 0) is 44.4 Å². The van der Waals surface area contributed by atoms with Crippen molar-refractivity contribution in [2.45, 2.75) is 83.0 Å². The Morgan fingerprint density at radius 2 is 1.94 bits per heavy atom. The maximum absolute atomic E-state index is 6.28. The molecular weight excluding hydrogens is 198 g/mol. The fraction of sp³-hybridized carbons (Fsp3) is 1.00. The molecule has 1 spiro atoms. The molecule has 1 aliphatic heterocycles. The van der Waals surface area contributed by atoms with Crippen molar-refractivity contribution in [3.63, 3.8) is 0 Å². The van der Waals surface area contributed by atoms with E-state index in [4.69, 9.17) is 10.5 Å². The van der Waals surface area contributed by atoms with Crippen LogP contribution in [-0.2, 0) is 4.74 Å². The Kier molecular flexibility index (Phi) is 3.91. The van der Waals surface area contributed by atoms with E-state index in [0.29, 0.717) is 18.1 Å². The van der Waals surface area contributed by atoms with Crippen LogP contribution in [0.15, 0.2) is 0 Å². The van der Waals surface area contributed by atoms with Crippen LogP contribution in [0.4, 0.5) is 0 Å². The third kappa shape index (κ3) is 2.98. The summed E-state index contributed by atoms with van der Waals surface area (Å²) >= 11 is 0. The quantitative estimate of drug-likeness (QED) is 0.797. The summed E-state index contributed by atoms with van der Waals surface area (Å²) in [6, 6.07) is 0.335. The molecule has 16 heavy (non-hydrogen) atoms. The van der Waals surface area contributed by atoms with Gasteiger partial charge >= 0.3 is 0 Å². The fourth-order valence-electron chi connectivity index (χ4n) is 3.49. The summed E-state index contributed by atoms with van der Waals surface area (Å²) in [6.07, 6.45) is 10.5. The van der Waals surface area contributed by atoms with Gasteiger partial charge in [-0.3, -0.25) is 0 Å². The van der Waals surface area contributed by atoms with Crippen LogP contribution in [0, 0.1) is 5.92 Å². The van der Waals surface area contributed by atoms with Crippen molar-refractivity contribution in [2.24, 2.45) is 11.7 Å². The Morgan fingerprint density at radius 1 is 1.25 bits per heavy atom. The van der Waals surface area contributed by atoms with Crippen molar-refractivity contribution in [3.05, 3.63) is 0 Å². The molecule has 0 aromatic carbocycles. The van der Waals surface area contributed by atoms with Crippen molar-refractivity contribution in [2.75, 3.05) is 0 Å². The van der Waals surface area contributed by atoms with Crippen molar-refractivity contribution < 1.29 is 4.74 Å². The zero-order chi connectivity index (χ0) is 11.6. The molecule has 2 nitrogen and oxygen atoms in total. The highest BCUT2D eigenvalue weighted by Crippen LogP contribution is 2.44. The number of ether oxygens (including phenoxy) is 1. The summed E-state index contributed by atoms with van der Waals surface area (Å²) in [7, 11) is 0. The highest BCUT2D eigenvalue weighted by Gasteiger charge is 2.42. The fourth-order valence-corrected chi connectivity index (χ4v) is 3.49. The van der Waals surface area contributed by atoms with Gasteiger partial charge < -0.3 is 10.5 Å². The minimum Gasteiger partial charge on any atom is -0.372 e. The van der Waals surface area contributed by atoms with Gasteiger partial charge in [0, 0.05) is 6.04 Å². The van der Waals surface area contributed by atoms with E-state index < -0.39 is 0 Å². The van der Waals surface area contributed by atoms with Crippen LogP contribution >= 0.6 is 0 Å². The Morgan fingerprint density at radius 3 is 2.56 bits per heavy atom. The van der Waals surface area contributed by atoms with Gasteiger partial charge in [-0.15, -0.1) is 0 Å². The molecule has 2 aliphatic rings. The lowest BCUT2D eigenvalue weighted by atomic mass is 9.96. The lowest BCUT2D eigenvalue weighted by molar-refractivity contribution is -0.0412. The smallest absolute Gasteiger partial charge is 0.0687 e. The largest absolute Gasteiger partial charge is 0.372 e. The summed E-state index contributed by atoms with van der Waals surface area (Å²) in [5, 5.41) is 0. The van der Waals surface area contributed by atoms with Crippen molar-refractivity contribution in [1.82, 2.24) is 0 Å². The summed E-state index contributed by atoms with van der Waals surface area (Å²) in [5.41, 5.74) is 6.44. The normalized spacial score (nSPS) is 30.4. The van der Waals surface area contributed by atoms with Crippen LogP contribution in [-0.4, -0.2) is 17.7 Å². The molecule has 0 radical (unpaired) electrons. The third-order valence-corrected chi connectivity index (χ3v) is 4.19. The molecule has 2 N–H and O–H groups in total. The first kappa shape index (κ1) is 12.4. The van der Waals surface area contributed by atoms with E-state index >= 15 is 0 Å². The van der Waals surface area contributed by atoms with E-state index in [0.717, 1.165) is 12.8 Å². The first-order chi connectivity index (χ1) is 7.60. The number of hydrogen-bond donors (Lipinski definition) is 1. The van der Waals surface area contributed by atoms with Gasteiger partial charge in [-0.2, -0.15) is 0 Å². The molecule has 2 heteroatoms. The lowest BCUT2D eigenvalue weighted by Crippen LogP contribution is -2.30. The summed E-state index contributed by atoms with van der Waals surface area (Å²) < 4.78 is 6.28. The average molecular weight is 225 g/mol. The molecule has 2 fully saturated rings. The first-order valence-corrected chi connectivity index (χ1v) is 7.03. The monoisotopic (exact) mass is 225 g/mol. The molecule has 1 saturated carbocycles. The van der Waals surface area contributed by atoms with Crippen LogP contribution < -0.4 is 5.73 Å². The van der Waals surface area contributed by atoms with E-state index in [2.05, 4.69) is 13.8 Å². The van der Waals surface area contributed by atoms with Crippen LogP contribution in [0.3, 0.4) is 0 Å². The standard InChI is InChI=1S/C14H27NO/c1-11(2)9-12(15)10-13-5-8-14(16-13)6-3-4-7-14/h11-13H,3-10,15H2,1-2H3. The van der Waals surface area contributed by atoms with Gasteiger partial charge in [-0.25, -0.2) is 0 Å². The second-order valence-electron chi connectivity index (χ2n) is 6.29. The second-order valence-corrected chi connectivity index (χ2v) is 6.29. The van der Waals surface area contributed by atoms with Gasteiger partial charge in [0.15, 0.2) is 0 Å². The molecule has 2 atom stereocenters. The molecule has 0 aromatic rings. The maximum atomic E-state index is 6.28. The Bertz CT molecular complexity index is 221. The van der Waals surface area contributed by atoms with Gasteiger partial charge in [0.1, 0.15) is 0 Å². The topological polar surface area (TPSA) is 35.2 Å². The van der Waals surface area contributed by atoms with Crippen molar-refractivity contribution in [3.8, 4) is 0 Å². The SMILES string of the molecule is CC(C)CC(N)CC1CCC2(CCCC2)O1. The molecule has 1 saturated heterocycles. The Hall–Kier alpha value is -0.0800. The van der Waals surface area contributed by atoms with Crippen LogP contribution in [0.5, 0.6) is 0 Å². The molecule has 0 aromatic heterocycles. The van der Waals surface area contributed by atoms with Gasteiger partial charge in [0.25, 0.3) is 0 Å². The maximum Gasteiger partial charge on any atom is 0.0687 e. The average Bonchev–Trinajstić information content (AvgIpc) is 2.76. The molecule has 1 aliphatic carbocycles. The highest BCUT2D eigenvalue weighted by atomic mass is 16.5. The summed E-state index contributed by atoms with van der Waals surface area (Å²) in [5.74, 6) is 0.705. The van der Waals surface area contributed by atoms with Gasteiger partial charge in [0.05, 0.1) is 11.7 Å². The molecule has 0 amide bonds. The van der Waals surface area contributed by atoms with Crippen molar-refractivity contribution in [1.29, 1.82) is 0 Å². The van der Waals surface area contributed by atoms with E-state index in [1.54, 1.807) is 0 Å². The zero-order valence-corrected chi connectivity index (χ0v) is 10.9. The third-order valence-electron chi connectivity index (χ3n) is 4.19. The molecule has 2 rings (SSSR count). The van der Waals surface area contributed by atoms with Crippen LogP contribution in [0.25, 0.3) is 0 Å². The lowest BCUT2D eigenvalue weighted by Gasteiger charge is -2.25. The minimum absolute atomic E-state index is 0.280. The highest BCUT2D eigenvalue weighted by molar-refractivity contribution is 4.93. The number of rotatable bonds is 4. The van der Waals surface area contributed by atoms with Crippen LogP contribution in [0.2, 0.25) is 0 Å². The molecular formula is C14H27NO. The van der Waals surface area contributed by atoms with E-state index in [-0.39, 0.29) is 5.60 Å². The molecule has 2 unspecified atom stereocenters. The second kappa shape index (κ2) is 5.05. The zero-order valence-electron chi connectivity index (χ0n) is 10.9. The Balaban J connectivity index is 1.76. The first-order valence-electron chi connectivity index (χ1n) is 7.03.